The highest BCUT2D eigenvalue weighted by Crippen LogP contribution is 2.20. The smallest absolute Gasteiger partial charge is 0.398 e. The fraction of sp³-hybridized carbons (Fsp3) is 0.121. The third-order valence-corrected chi connectivity index (χ3v) is 7.12. The maximum absolute atomic E-state index is 13.1. The monoisotopic (exact) mass is 572 g/mol. The number of pyridine rings is 1. The minimum Gasteiger partial charge on any atom is -0.398 e. The lowest BCUT2D eigenvalue weighted by molar-refractivity contribution is -0.520. The minimum atomic E-state index is -0.602. The van der Waals surface area contributed by atoms with Crippen molar-refractivity contribution in [2.24, 2.45) is 0 Å². The maximum Gasteiger partial charge on any atom is 0.445 e. The second-order valence-electron chi connectivity index (χ2n) is 9.99. The van der Waals surface area contributed by atoms with Gasteiger partial charge in [0.2, 0.25) is 0 Å². The molecule has 10 nitrogen and oxygen atoms in total. The molecular weight excluding hydrogens is 544 g/mol. The van der Waals surface area contributed by atoms with Gasteiger partial charge >= 0.3 is 11.8 Å². The fourth-order valence-corrected chi connectivity index (χ4v) is 4.73. The molecular formula is C33H28N6O4+2. The number of fused-ring (bicyclic) bond motifs is 3. The van der Waals surface area contributed by atoms with E-state index in [1.807, 2.05) is 18.2 Å². The summed E-state index contributed by atoms with van der Waals surface area (Å²) in [5.41, 5.74) is 24.4. The summed E-state index contributed by atoms with van der Waals surface area (Å²) in [6.45, 7) is 0.210. The number of anilines is 1. The van der Waals surface area contributed by atoms with Crippen LogP contribution in [0.3, 0.4) is 0 Å². The summed E-state index contributed by atoms with van der Waals surface area (Å²) < 4.78 is 1.68. The number of amides is 2. The van der Waals surface area contributed by atoms with Gasteiger partial charge in [-0.15, -0.1) is 0 Å². The molecule has 0 radical (unpaired) electrons. The average molecular weight is 573 g/mol. The van der Waals surface area contributed by atoms with E-state index in [0.717, 1.165) is 14.6 Å². The van der Waals surface area contributed by atoms with Gasteiger partial charge < -0.3 is 5.73 Å². The van der Waals surface area contributed by atoms with E-state index < -0.39 is 11.8 Å². The van der Waals surface area contributed by atoms with Gasteiger partial charge in [-0.3, -0.25) is 14.6 Å². The lowest BCUT2D eigenvalue weighted by Crippen LogP contribution is -2.28. The van der Waals surface area contributed by atoms with E-state index in [4.69, 9.17) is 16.8 Å². The highest BCUT2D eigenvalue weighted by molar-refractivity contribution is 6.12. The lowest BCUT2D eigenvalue weighted by atomic mass is 9.97. The number of carbonyl (C=O) groups excluding carboxylic acids is 4. The minimum absolute atomic E-state index is 0.0772. The molecule has 10 heteroatoms. The molecule has 0 unspecified atom stereocenters. The summed E-state index contributed by atoms with van der Waals surface area (Å²) in [6, 6.07) is 20.3. The van der Waals surface area contributed by atoms with Crippen LogP contribution in [0.4, 0.5) is 5.69 Å². The summed E-state index contributed by atoms with van der Waals surface area (Å²) in [4.78, 5) is 56.3. The number of nitrogens with zero attached hydrogens (tertiary/aromatic N) is 3. The van der Waals surface area contributed by atoms with Crippen LogP contribution in [-0.4, -0.2) is 50.8 Å². The van der Waals surface area contributed by atoms with Gasteiger partial charge in [0, 0.05) is 41.3 Å². The van der Waals surface area contributed by atoms with Gasteiger partial charge in [0.1, 0.15) is 5.56 Å². The van der Waals surface area contributed by atoms with Crippen molar-refractivity contribution < 1.29 is 28.6 Å². The largest absolute Gasteiger partial charge is 0.445 e. The molecule has 8 rings (SSSR count). The van der Waals surface area contributed by atoms with Crippen molar-refractivity contribution in [2.75, 3.05) is 18.8 Å². The molecule has 4 aliphatic heterocycles. The molecule has 0 atom stereocenters. The van der Waals surface area contributed by atoms with Gasteiger partial charge in [-0.2, -0.15) is 0 Å². The van der Waals surface area contributed by atoms with Gasteiger partial charge in [0.05, 0.1) is 16.6 Å². The van der Waals surface area contributed by atoms with E-state index in [1.54, 1.807) is 36.5 Å². The lowest BCUT2D eigenvalue weighted by Gasteiger charge is -2.07. The fourth-order valence-electron chi connectivity index (χ4n) is 4.73. The molecule has 2 amide bonds. The van der Waals surface area contributed by atoms with E-state index in [1.165, 1.54) is 42.5 Å². The molecule has 4 aliphatic rings. The predicted molar refractivity (Wildman–Crippen MR) is 157 cm³/mol. The Hall–Kier alpha value is -5.77. The number of ketones is 2. The Morgan fingerprint density at radius 3 is 1.74 bits per heavy atom. The summed E-state index contributed by atoms with van der Waals surface area (Å²) in [5, 5.41) is 1.45. The molecule has 0 aliphatic carbocycles. The number of nitrogens with one attached hydrogen (secondary N) is 2. The van der Waals surface area contributed by atoms with Crippen molar-refractivity contribution >= 4 is 41.2 Å². The summed E-state index contributed by atoms with van der Waals surface area (Å²) >= 11 is 0. The van der Waals surface area contributed by atoms with Crippen LogP contribution in [0.2, 0.25) is 0 Å². The molecule has 43 heavy (non-hydrogen) atoms. The third kappa shape index (κ3) is 6.28. The van der Waals surface area contributed by atoms with Crippen LogP contribution in [-0.2, 0) is 0 Å². The van der Waals surface area contributed by atoms with Gasteiger partial charge in [-0.25, -0.2) is 9.59 Å². The van der Waals surface area contributed by atoms with Crippen molar-refractivity contribution in [2.45, 2.75) is 12.8 Å². The topological polar surface area (TPSA) is 161 Å². The van der Waals surface area contributed by atoms with Crippen molar-refractivity contribution in [3.8, 4) is 0 Å². The maximum atomic E-state index is 13.1. The number of hydrogen-bond donors (Lipinski definition) is 3. The quantitative estimate of drug-likeness (QED) is 0.216. The van der Waals surface area contributed by atoms with Crippen LogP contribution in [0.25, 0.3) is 12.2 Å². The number of benzene rings is 3. The second-order valence-corrected chi connectivity index (χ2v) is 9.99. The highest BCUT2D eigenvalue weighted by Gasteiger charge is 2.24. The molecule has 3 aromatic carbocycles. The first kappa shape index (κ1) is 28.7. The molecule has 212 valence electrons. The van der Waals surface area contributed by atoms with Gasteiger partial charge in [0.15, 0.2) is 24.7 Å². The van der Waals surface area contributed by atoms with Crippen LogP contribution in [0.5, 0.6) is 0 Å². The average Bonchev–Trinajstić information content (AvgIpc) is 3.03. The first-order valence-electron chi connectivity index (χ1n) is 13.6. The summed E-state index contributed by atoms with van der Waals surface area (Å²) in [5.74, 6) is -1.72. The molecule has 5 heterocycles. The number of nitrogens with two attached hydrogens (primary N) is 1. The summed E-state index contributed by atoms with van der Waals surface area (Å²) in [6.07, 6.45) is 6.07. The molecule has 1 aromatic heterocycles. The van der Waals surface area contributed by atoms with Crippen molar-refractivity contribution in [1.82, 2.24) is 4.98 Å². The highest BCUT2D eigenvalue weighted by atomic mass is 16.2. The van der Waals surface area contributed by atoms with Gasteiger partial charge in [0.25, 0.3) is 0 Å². The zero-order chi connectivity index (χ0) is 30.5. The molecule has 0 fully saturated rings. The zero-order valence-electron chi connectivity index (χ0n) is 23.1. The first-order chi connectivity index (χ1) is 20.7. The van der Waals surface area contributed by atoms with Crippen LogP contribution < -0.4 is 16.3 Å². The molecule has 4 aromatic rings. The molecule has 0 saturated heterocycles. The number of aromatic nitrogens is 1. The van der Waals surface area contributed by atoms with Crippen molar-refractivity contribution in [3.05, 3.63) is 129 Å². The Kier molecular flexibility index (Phi) is 8.29. The molecule has 0 spiro atoms. The predicted octanol–water partition coefficient (Wildman–Crippen LogP) is 3.55. The van der Waals surface area contributed by atoms with E-state index in [-0.39, 0.29) is 47.0 Å². The van der Waals surface area contributed by atoms with Crippen LogP contribution in [0.1, 0.15) is 65.4 Å². The Balaban J connectivity index is 1.50. The van der Waals surface area contributed by atoms with Gasteiger partial charge in [-0.1, -0.05) is 75.1 Å². The normalized spacial score (nSPS) is 14.9. The SMILES string of the molecule is N=[N+]1CCC=c2cccnc2=CCC[N+](=N)C(=O)c2ccc(cc2N)C(=O)c2ccc(cc2)C(=O)c2ccc(cc2)C1=O. The zero-order valence-corrected chi connectivity index (χ0v) is 23.1. The number of hydrogen-bond acceptors (Lipinski definition) is 8. The van der Waals surface area contributed by atoms with E-state index in [2.05, 4.69) is 4.98 Å². The Morgan fingerprint density at radius 1 is 0.628 bits per heavy atom. The van der Waals surface area contributed by atoms with E-state index in [9.17, 15) is 19.2 Å². The van der Waals surface area contributed by atoms with Crippen molar-refractivity contribution in [3.63, 3.8) is 0 Å². The van der Waals surface area contributed by atoms with Crippen LogP contribution >= 0.6 is 0 Å². The first-order valence-corrected chi connectivity index (χ1v) is 13.6. The van der Waals surface area contributed by atoms with Gasteiger partial charge in [-0.05, 0) is 41.6 Å². The molecule has 6 bridgehead atoms. The van der Waals surface area contributed by atoms with E-state index in [0.29, 0.717) is 34.9 Å². The number of carbonyl (C=O) groups is 4. The van der Waals surface area contributed by atoms with Crippen molar-refractivity contribution in [1.29, 1.82) is 11.1 Å². The van der Waals surface area contributed by atoms with Crippen LogP contribution in [0, 0.1) is 11.1 Å². The van der Waals surface area contributed by atoms with Crippen LogP contribution in [0.15, 0.2) is 85.1 Å². The molecule has 4 N–H and O–H groups in total. The Labute approximate surface area is 246 Å². The Morgan fingerprint density at radius 2 is 1.14 bits per heavy atom. The number of rotatable bonds is 0. The standard InChI is InChI=1S/C33H27N6O4/c34-28-20-26-15-16-27(28)33(43)39(36)19-3-6-29-21(4-1-17-37-29)5-2-18-38(35)32(42)25-13-11-23(12-14-25)30(40)22-7-9-24(10-8-22)31(26)41/h1,4-17,20,35-36H,2-3,18-19H2,(H-,34,43)/q+1/p+1. The van der Waals surface area contributed by atoms with E-state index >= 15 is 0 Å². The second kappa shape index (κ2) is 12.4. The Bertz CT molecular complexity index is 1930. The summed E-state index contributed by atoms with van der Waals surface area (Å²) in [7, 11) is 0. The number of nitrogen functional groups attached to an aromatic ring is 1. The molecule has 0 saturated carbocycles. The third-order valence-electron chi connectivity index (χ3n) is 7.12.